The Labute approximate surface area is 101 Å². The van der Waals surface area contributed by atoms with E-state index in [4.69, 9.17) is 10.8 Å². The minimum atomic E-state index is 0.126. The van der Waals surface area contributed by atoms with E-state index in [0.717, 1.165) is 29.0 Å². The minimum Gasteiger partial charge on any atom is -0.399 e. The van der Waals surface area contributed by atoms with E-state index in [-0.39, 0.29) is 6.61 Å². The third-order valence-corrected chi connectivity index (χ3v) is 2.77. The van der Waals surface area contributed by atoms with Crippen molar-refractivity contribution in [3.63, 3.8) is 0 Å². The molecule has 1 aromatic heterocycles. The summed E-state index contributed by atoms with van der Waals surface area (Å²) in [7, 11) is 0. The Kier molecular flexibility index (Phi) is 3.33. The maximum Gasteiger partial charge on any atom is 0.110 e. The van der Waals surface area contributed by atoms with Crippen molar-refractivity contribution in [2.75, 3.05) is 12.3 Å². The number of nitrogens with zero attached hydrogens (tertiary/aromatic N) is 2. The van der Waals surface area contributed by atoms with Crippen molar-refractivity contribution >= 4 is 16.7 Å². The van der Waals surface area contributed by atoms with Gasteiger partial charge in [0.2, 0.25) is 0 Å². The monoisotopic (exact) mass is 233 g/mol. The number of nitrogen functional groups attached to an aromatic ring is 1. The van der Waals surface area contributed by atoms with Crippen LogP contribution in [0.2, 0.25) is 0 Å². The van der Waals surface area contributed by atoms with Crippen LogP contribution < -0.4 is 5.73 Å². The van der Waals surface area contributed by atoms with Gasteiger partial charge in [0.1, 0.15) is 5.82 Å². The second-order valence-corrected chi connectivity index (χ2v) is 4.75. The molecule has 2 rings (SSSR count). The van der Waals surface area contributed by atoms with Crippen LogP contribution in [0.3, 0.4) is 0 Å². The van der Waals surface area contributed by atoms with Crippen molar-refractivity contribution in [2.45, 2.75) is 26.8 Å². The summed E-state index contributed by atoms with van der Waals surface area (Å²) in [5, 5.41) is 9.14. The highest BCUT2D eigenvalue weighted by atomic mass is 16.3. The summed E-state index contributed by atoms with van der Waals surface area (Å²) < 4.78 is 2.08. The van der Waals surface area contributed by atoms with Crippen LogP contribution in [0.5, 0.6) is 0 Å². The van der Waals surface area contributed by atoms with E-state index in [9.17, 15) is 0 Å². The van der Waals surface area contributed by atoms with Gasteiger partial charge in [-0.05, 0) is 24.1 Å². The molecule has 1 aromatic carbocycles. The molecule has 0 fully saturated rings. The number of nitrogens with two attached hydrogens (primary N) is 1. The van der Waals surface area contributed by atoms with Crippen LogP contribution in [-0.4, -0.2) is 21.3 Å². The molecule has 0 spiro atoms. The molecule has 0 saturated heterocycles. The van der Waals surface area contributed by atoms with Crippen molar-refractivity contribution in [3.05, 3.63) is 24.0 Å². The lowest BCUT2D eigenvalue weighted by molar-refractivity contribution is 0.275. The average Bonchev–Trinajstić information content (AvgIpc) is 2.55. The van der Waals surface area contributed by atoms with E-state index >= 15 is 0 Å². The lowest BCUT2D eigenvalue weighted by Gasteiger charge is -2.08. The summed E-state index contributed by atoms with van der Waals surface area (Å²) in [6.07, 6.45) is 0.911. The van der Waals surface area contributed by atoms with Crippen LogP contribution in [0.15, 0.2) is 18.2 Å². The van der Waals surface area contributed by atoms with Crippen molar-refractivity contribution < 1.29 is 5.11 Å². The first-order valence-corrected chi connectivity index (χ1v) is 5.97. The second kappa shape index (κ2) is 4.75. The fraction of sp³-hybridized carbons (Fsp3) is 0.462. The van der Waals surface area contributed by atoms with Crippen molar-refractivity contribution in [2.24, 2.45) is 5.92 Å². The van der Waals surface area contributed by atoms with Crippen LogP contribution in [0.4, 0.5) is 5.69 Å². The lowest BCUT2D eigenvalue weighted by Crippen LogP contribution is -2.09. The lowest BCUT2D eigenvalue weighted by atomic mass is 10.1. The van der Waals surface area contributed by atoms with Crippen LogP contribution in [0.25, 0.3) is 11.0 Å². The van der Waals surface area contributed by atoms with E-state index in [0.29, 0.717) is 12.5 Å². The number of anilines is 1. The van der Waals surface area contributed by atoms with Gasteiger partial charge in [0.15, 0.2) is 0 Å². The number of hydrogen-bond donors (Lipinski definition) is 2. The topological polar surface area (TPSA) is 64.1 Å². The first-order valence-electron chi connectivity index (χ1n) is 5.97. The normalized spacial score (nSPS) is 11.5. The predicted molar refractivity (Wildman–Crippen MR) is 69.8 cm³/mol. The van der Waals surface area contributed by atoms with Crippen LogP contribution in [-0.2, 0) is 13.0 Å². The van der Waals surface area contributed by atoms with Crippen LogP contribution >= 0.6 is 0 Å². The molecule has 3 N–H and O–H groups in total. The number of fused-ring (bicyclic) bond motifs is 1. The Hall–Kier alpha value is -1.55. The molecular formula is C13H19N3O. The van der Waals surface area contributed by atoms with Crippen LogP contribution in [0.1, 0.15) is 19.7 Å². The molecule has 0 atom stereocenters. The summed E-state index contributed by atoms with van der Waals surface area (Å²) >= 11 is 0. The summed E-state index contributed by atoms with van der Waals surface area (Å²) in [6, 6.07) is 5.72. The number of rotatable bonds is 4. The van der Waals surface area contributed by atoms with E-state index in [1.54, 1.807) is 0 Å². The molecule has 92 valence electrons. The highest BCUT2D eigenvalue weighted by Crippen LogP contribution is 2.20. The number of aliphatic hydroxyl groups excluding tert-OH is 1. The van der Waals surface area contributed by atoms with Gasteiger partial charge in [-0.15, -0.1) is 0 Å². The maximum atomic E-state index is 9.14. The molecule has 0 aliphatic heterocycles. The molecule has 4 heteroatoms. The Balaban J connectivity index is 2.53. The first kappa shape index (κ1) is 11.9. The fourth-order valence-corrected chi connectivity index (χ4v) is 2.07. The molecule has 17 heavy (non-hydrogen) atoms. The van der Waals surface area contributed by atoms with Crippen molar-refractivity contribution in [3.8, 4) is 0 Å². The standard InChI is InChI=1S/C13H19N3O/c1-9(2)7-13-15-11-8-10(14)3-4-12(11)16(13)5-6-17/h3-4,8-9,17H,5-7,14H2,1-2H3. The van der Waals surface area contributed by atoms with Gasteiger partial charge in [-0.1, -0.05) is 13.8 Å². The Morgan fingerprint density at radius 1 is 1.41 bits per heavy atom. The van der Waals surface area contributed by atoms with Gasteiger partial charge in [0.25, 0.3) is 0 Å². The maximum absolute atomic E-state index is 9.14. The van der Waals surface area contributed by atoms with Crippen LogP contribution in [0, 0.1) is 5.92 Å². The van der Waals surface area contributed by atoms with E-state index in [1.165, 1.54) is 0 Å². The third kappa shape index (κ3) is 2.42. The summed E-state index contributed by atoms with van der Waals surface area (Å²) in [5.41, 5.74) is 8.44. The molecular weight excluding hydrogens is 214 g/mol. The number of benzene rings is 1. The molecule has 0 amide bonds. The molecule has 0 aliphatic carbocycles. The van der Waals surface area contributed by atoms with E-state index in [2.05, 4.69) is 23.4 Å². The zero-order valence-electron chi connectivity index (χ0n) is 10.3. The Morgan fingerprint density at radius 3 is 2.82 bits per heavy atom. The summed E-state index contributed by atoms with van der Waals surface area (Å²) in [6.45, 7) is 5.04. The molecule has 2 aromatic rings. The van der Waals surface area contributed by atoms with Gasteiger partial charge >= 0.3 is 0 Å². The molecule has 4 nitrogen and oxygen atoms in total. The van der Waals surface area contributed by atoms with Gasteiger partial charge in [-0.3, -0.25) is 0 Å². The van der Waals surface area contributed by atoms with Gasteiger partial charge in [-0.2, -0.15) is 0 Å². The van der Waals surface area contributed by atoms with Gasteiger partial charge in [0.05, 0.1) is 17.6 Å². The Morgan fingerprint density at radius 2 is 2.18 bits per heavy atom. The molecule has 0 aliphatic rings. The zero-order valence-corrected chi connectivity index (χ0v) is 10.3. The number of aromatic nitrogens is 2. The third-order valence-electron chi connectivity index (χ3n) is 2.77. The van der Waals surface area contributed by atoms with Gasteiger partial charge < -0.3 is 15.4 Å². The zero-order chi connectivity index (χ0) is 12.4. The number of aliphatic hydroxyl groups is 1. The van der Waals surface area contributed by atoms with E-state index in [1.807, 2.05) is 18.2 Å². The SMILES string of the molecule is CC(C)Cc1nc2cc(N)ccc2n1CCO. The van der Waals surface area contributed by atoms with E-state index < -0.39 is 0 Å². The smallest absolute Gasteiger partial charge is 0.110 e. The molecule has 0 unspecified atom stereocenters. The predicted octanol–water partition coefficient (Wildman–Crippen LogP) is 1.81. The number of imidazole rings is 1. The second-order valence-electron chi connectivity index (χ2n) is 4.75. The highest BCUT2D eigenvalue weighted by Gasteiger charge is 2.11. The highest BCUT2D eigenvalue weighted by molar-refractivity contribution is 5.79. The fourth-order valence-electron chi connectivity index (χ4n) is 2.07. The van der Waals surface area contributed by atoms with Gasteiger partial charge in [0, 0.05) is 18.7 Å². The quantitative estimate of drug-likeness (QED) is 0.792. The minimum absolute atomic E-state index is 0.126. The molecule has 1 heterocycles. The largest absolute Gasteiger partial charge is 0.399 e. The molecule has 0 bridgehead atoms. The molecule has 0 saturated carbocycles. The summed E-state index contributed by atoms with van der Waals surface area (Å²) in [5.74, 6) is 1.57. The first-order chi connectivity index (χ1) is 8.11. The summed E-state index contributed by atoms with van der Waals surface area (Å²) in [4.78, 5) is 4.60. The molecule has 0 radical (unpaired) electrons. The van der Waals surface area contributed by atoms with Gasteiger partial charge in [-0.25, -0.2) is 4.98 Å². The Bertz CT molecular complexity index is 517. The average molecular weight is 233 g/mol. The van der Waals surface area contributed by atoms with Crippen molar-refractivity contribution in [1.29, 1.82) is 0 Å². The van der Waals surface area contributed by atoms with Crippen molar-refractivity contribution in [1.82, 2.24) is 9.55 Å². The number of hydrogen-bond acceptors (Lipinski definition) is 3.